The minimum atomic E-state index is 1.06. The predicted molar refractivity (Wildman–Crippen MR) is 126 cm³/mol. The van der Waals surface area contributed by atoms with Gasteiger partial charge in [0, 0.05) is 0 Å². The van der Waals surface area contributed by atoms with Crippen molar-refractivity contribution in [1.82, 2.24) is 0 Å². The molecule has 0 fully saturated rings. The number of unbranched alkanes of at least 4 members (excludes halogenated alkanes) is 7. The fourth-order valence-corrected chi connectivity index (χ4v) is 4.86. The van der Waals surface area contributed by atoms with Crippen LogP contribution in [0, 0.1) is 0 Å². The summed E-state index contributed by atoms with van der Waals surface area (Å²) >= 11 is 0. The molecule has 0 bridgehead atoms. The smallest absolute Gasteiger partial charge is 0.000728 e. The maximum absolute atomic E-state index is 2.35. The van der Waals surface area contributed by atoms with Crippen molar-refractivity contribution in [3.63, 3.8) is 0 Å². The summed E-state index contributed by atoms with van der Waals surface area (Å²) in [6.45, 7) is 2.29. The van der Waals surface area contributed by atoms with E-state index >= 15 is 0 Å². The van der Waals surface area contributed by atoms with E-state index in [9.17, 15) is 0 Å². The van der Waals surface area contributed by atoms with E-state index in [2.05, 4.69) is 73.7 Å². The summed E-state index contributed by atoms with van der Waals surface area (Å²) in [5.74, 6) is 0. The molecular weight excluding hydrogens is 348 g/mol. The lowest BCUT2D eigenvalue weighted by Gasteiger charge is -2.14. The summed E-state index contributed by atoms with van der Waals surface area (Å²) in [6, 6.07) is 24.8. The Hall–Kier alpha value is -2.34. The predicted octanol–water partition coefficient (Wildman–Crippen LogP) is 8.61. The summed E-state index contributed by atoms with van der Waals surface area (Å²) in [4.78, 5) is 0. The number of rotatable bonds is 10. The molecule has 0 heteroatoms. The fourth-order valence-electron chi connectivity index (χ4n) is 4.86. The lowest BCUT2D eigenvalue weighted by atomic mass is 9.90. The molecule has 150 valence electrons. The summed E-state index contributed by atoms with van der Waals surface area (Å²) < 4.78 is 0. The first-order valence-electron chi connectivity index (χ1n) is 11.7. The number of aryl methyl sites for hydroxylation is 1. The normalized spacial score (nSPS) is 12.0. The third-order valence-electron chi connectivity index (χ3n) is 6.46. The van der Waals surface area contributed by atoms with Gasteiger partial charge in [0.1, 0.15) is 0 Å². The van der Waals surface area contributed by atoms with E-state index in [0.29, 0.717) is 0 Å². The fraction of sp³-hybridized carbons (Fsp3) is 0.379. The van der Waals surface area contributed by atoms with Crippen molar-refractivity contribution >= 4 is 0 Å². The van der Waals surface area contributed by atoms with E-state index in [1.54, 1.807) is 0 Å². The van der Waals surface area contributed by atoms with Crippen molar-refractivity contribution in [2.24, 2.45) is 0 Å². The van der Waals surface area contributed by atoms with Crippen molar-refractivity contribution in [3.8, 4) is 22.3 Å². The number of fused-ring (bicyclic) bond motifs is 3. The molecule has 0 N–H and O–H groups in total. The zero-order valence-corrected chi connectivity index (χ0v) is 17.9. The van der Waals surface area contributed by atoms with Gasteiger partial charge >= 0.3 is 0 Å². The van der Waals surface area contributed by atoms with Gasteiger partial charge in [0.25, 0.3) is 0 Å². The van der Waals surface area contributed by atoms with E-state index in [4.69, 9.17) is 0 Å². The molecule has 3 aromatic carbocycles. The molecule has 0 unspecified atom stereocenters. The van der Waals surface area contributed by atoms with E-state index in [-0.39, 0.29) is 0 Å². The first kappa shape index (κ1) is 20.0. The second-order valence-electron chi connectivity index (χ2n) is 8.55. The average Bonchev–Trinajstić information content (AvgIpc) is 3.15. The number of hydrogen-bond acceptors (Lipinski definition) is 0. The summed E-state index contributed by atoms with van der Waals surface area (Å²) in [5, 5.41) is 0. The maximum atomic E-state index is 2.35. The van der Waals surface area contributed by atoms with E-state index < -0.39 is 0 Å². The van der Waals surface area contributed by atoms with Crippen LogP contribution in [0.25, 0.3) is 22.3 Å². The van der Waals surface area contributed by atoms with E-state index in [1.165, 1.54) is 96.7 Å². The van der Waals surface area contributed by atoms with Crippen molar-refractivity contribution in [2.75, 3.05) is 0 Å². The van der Waals surface area contributed by atoms with Crippen LogP contribution < -0.4 is 0 Å². The molecule has 0 saturated carbocycles. The maximum Gasteiger partial charge on any atom is -0.000728 e. The van der Waals surface area contributed by atoms with Crippen molar-refractivity contribution < 1.29 is 0 Å². The lowest BCUT2D eigenvalue weighted by Crippen LogP contribution is -1.94. The Morgan fingerprint density at radius 2 is 1.14 bits per heavy atom. The monoisotopic (exact) mass is 382 g/mol. The molecule has 0 aliphatic heterocycles. The second kappa shape index (κ2) is 9.92. The Kier molecular flexibility index (Phi) is 6.83. The zero-order chi connectivity index (χ0) is 19.9. The van der Waals surface area contributed by atoms with Crippen LogP contribution in [0.3, 0.4) is 0 Å². The molecule has 4 rings (SSSR count). The third-order valence-corrected chi connectivity index (χ3v) is 6.46. The Balaban J connectivity index is 1.45. The average molecular weight is 383 g/mol. The van der Waals surface area contributed by atoms with Crippen LogP contribution in [0.4, 0.5) is 0 Å². The van der Waals surface area contributed by atoms with Gasteiger partial charge in [-0.2, -0.15) is 0 Å². The lowest BCUT2D eigenvalue weighted by molar-refractivity contribution is 0.575. The summed E-state index contributed by atoms with van der Waals surface area (Å²) in [5.41, 5.74) is 10.2. The van der Waals surface area contributed by atoms with Crippen LogP contribution in [0.5, 0.6) is 0 Å². The molecule has 29 heavy (non-hydrogen) atoms. The van der Waals surface area contributed by atoms with Gasteiger partial charge in [0.15, 0.2) is 0 Å². The van der Waals surface area contributed by atoms with Crippen molar-refractivity contribution in [1.29, 1.82) is 0 Å². The summed E-state index contributed by atoms with van der Waals surface area (Å²) in [7, 11) is 0. The van der Waals surface area contributed by atoms with Gasteiger partial charge in [0.05, 0.1) is 0 Å². The van der Waals surface area contributed by atoms with Gasteiger partial charge < -0.3 is 0 Å². The highest BCUT2D eigenvalue weighted by molar-refractivity contribution is 5.85. The summed E-state index contributed by atoms with van der Waals surface area (Å²) in [6.07, 6.45) is 13.3. The second-order valence-corrected chi connectivity index (χ2v) is 8.55. The van der Waals surface area contributed by atoms with Gasteiger partial charge in [-0.1, -0.05) is 119 Å². The van der Waals surface area contributed by atoms with Gasteiger partial charge in [-0.05, 0) is 58.2 Å². The number of benzene rings is 3. The van der Waals surface area contributed by atoms with Gasteiger partial charge in [-0.15, -0.1) is 0 Å². The first-order chi connectivity index (χ1) is 14.4. The van der Waals surface area contributed by atoms with Crippen LogP contribution in [0.15, 0.2) is 66.7 Å². The van der Waals surface area contributed by atoms with Crippen LogP contribution in [-0.4, -0.2) is 0 Å². The minimum absolute atomic E-state index is 1.06. The molecule has 0 heterocycles. The molecule has 0 spiro atoms. The molecule has 0 saturated heterocycles. The van der Waals surface area contributed by atoms with Crippen LogP contribution in [-0.2, 0) is 12.8 Å². The first-order valence-corrected chi connectivity index (χ1v) is 11.7. The molecule has 1 aliphatic rings. The van der Waals surface area contributed by atoms with Crippen LogP contribution in [0.1, 0.15) is 75.0 Å². The van der Waals surface area contributed by atoms with E-state index in [0.717, 1.165) is 6.42 Å². The highest BCUT2D eigenvalue weighted by Crippen LogP contribution is 2.42. The number of hydrogen-bond donors (Lipinski definition) is 0. The zero-order valence-electron chi connectivity index (χ0n) is 17.9. The van der Waals surface area contributed by atoms with Crippen molar-refractivity contribution in [3.05, 3.63) is 83.4 Å². The Labute approximate surface area is 177 Å². The largest absolute Gasteiger partial charge is 0.0654 e. The van der Waals surface area contributed by atoms with Crippen LogP contribution in [0.2, 0.25) is 0 Å². The van der Waals surface area contributed by atoms with Crippen molar-refractivity contribution in [2.45, 2.75) is 71.1 Å². The molecule has 1 aliphatic carbocycles. The van der Waals surface area contributed by atoms with Gasteiger partial charge in [-0.3, -0.25) is 0 Å². The standard InChI is InChI=1S/C29H34/c1-2-3-4-5-6-7-8-9-15-23-16-10-12-18-25(23)27-20-14-21-28-26-19-13-11-17-24(26)22-29(27)28/h10-14,16-21H,2-9,15,22H2,1H3. The molecule has 0 amide bonds. The topological polar surface area (TPSA) is 0 Å². The molecule has 3 aromatic rings. The molecule has 0 aromatic heterocycles. The Bertz CT molecular complexity index is 934. The van der Waals surface area contributed by atoms with Gasteiger partial charge in [-0.25, -0.2) is 0 Å². The minimum Gasteiger partial charge on any atom is -0.0654 e. The molecule has 0 radical (unpaired) electrons. The quantitative estimate of drug-likeness (QED) is 0.241. The van der Waals surface area contributed by atoms with Crippen LogP contribution >= 0.6 is 0 Å². The SMILES string of the molecule is CCCCCCCCCCc1ccccc1-c1cccc2c1Cc1ccccc1-2. The highest BCUT2D eigenvalue weighted by Gasteiger charge is 2.21. The highest BCUT2D eigenvalue weighted by atomic mass is 14.2. The Morgan fingerprint density at radius 3 is 1.93 bits per heavy atom. The Morgan fingerprint density at radius 1 is 0.552 bits per heavy atom. The van der Waals surface area contributed by atoms with E-state index in [1.807, 2.05) is 0 Å². The third kappa shape index (κ3) is 4.64. The molecule has 0 nitrogen and oxygen atoms in total. The molecule has 0 atom stereocenters. The molecular formula is C29H34. The van der Waals surface area contributed by atoms with Gasteiger partial charge in [0.2, 0.25) is 0 Å².